The topological polar surface area (TPSA) is 84.7 Å². The summed E-state index contributed by atoms with van der Waals surface area (Å²) < 4.78 is 4.60. The van der Waals surface area contributed by atoms with Crippen molar-refractivity contribution in [1.82, 2.24) is 4.90 Å². The first-order valence-corrected chi connectivity index (χ1v) is 6.58. The summed E-state index contributed by atoms with van der Waals surface area (Å²) in [6, 6.07) is 4.44. The molecule has 7 heteroatoms. The molecule has 0 bridgehead atoms. The van der Waals surface area contributed by atoms with Crippen LogP contribution in [0.1, 0.15) is 16.8 Å². The van der Waals surface area contributed by atoms with Crippen molar-refractivity contribution in [2.45, 2.75) is 12.5 Å². The maximum atomic E-state index is 12.0. The van der Waals surface area contributed by atoms with Crippen LogP contribution in [0.4, 0.5) is 10.5 Å². The Bertz CT molecular complexity index is 536. The molecule has 1 aromatic rings. The molecule has 1 aromatic carbocycles. The van der Waals surface area contributed by atoms with Crippen LogP contribution in [0.2, 0.25) is 5.02 Å². The third-order valence-corrected chi connectivity index (χ3v) is 3.45. The molecule has 0 radical (unpaired) electrons. The van der Waals surface area contributed by atoms with Gasteiger partial charge in [-0.25, -0.2) is 9.59 Å². The number of nitrogens with zero attached hydrogens (tertiary/aromatic N) is 1. The molecule has 0 spiro atoms. The highest BCUT2D eigenvalue weighted by atomic mass is 35.5. The number of nitrogens with one attached hydrogen (secondary N) is 1. The summed E-state index contributed by atoms with van der Waals surface area (Å²) in [6.07, 6.45) is 0.801. The Morgan fingerprint density at radius 3 is 2.80 bits per heavy atom. The maximum Gasteiger partial charge on any atom is 0.339 e. The zero-order valence-electron chi connectivity index (χ0n) is 11.1. The normalized spacial score (nSPS) is 17.9. The van der Waals surface area contributed by atoms with Gasteiger partial charge in [-0.05, 0) is 24.6 Å². The van der Waals surface area contributed by atoms with Gasteiger partial charge in [0.15, 0.2) is 0 Å². The van der Waals surface area contributed by atoms with E-state index in [0.717, 1.165) is 6.42 Å². The Hall–Kier alpha value is -1.79. The molecule has 20 heavy (non-hydrogen) atoms. The van der Waals surface area contributed by atoms with Crippen molar-refractivity contribution in [1.29, 1.82) is 0 Å². The number of hydrogen-bond donors (Lipinski definition) is 2. The number of esters is 1. The van der Waals surface area contributed by atoms with Crippen molar-refractivity contribution in [3.63, 3.8) is 0 Å². The molecular weight excluding hydrogens is 282 g/mol. The van der Waals surface area contributed by atoms with Gasteiger partial charge in [0.1, 0.15) is 0 Å². The fourth-order valence-corrected chi connectivity index (χ4v) is 2.30. The van der Waals surface area contributed by atoms with Crippen LogP contribution in [0.5, 0.6) is 0 Å². The molecule has 0 aliphatic carbocycles. The van der Waals surface area contributed by atoms with Crippen LogP contribution in [0, 0.1) is 0 Å². The number of hydrogen-bond acceptors (Lipinski definition) is 4. The van der Waals surface area contributed by atoms with Crippen LogP contribution in [-0.4, -0.2) is 43.1 Å². The summed E-state index contributed by atoms with van der Waals surface area (Å²) in [4.78, 5) is 25.0. The first-order valence-electron chi connectivity index (χ1n) is 6.20. The number of nitrogens with two attached hydrogens (primary N) is 1. The largest absolute Gasteiger partial charge is 0.465 e. The van der Waals surface area contributed by atoms with E-state index in [1.165, 1.54) is 19.2 Å². The number of amides is 2. The number of urea groups is 1. The van der Waals surface area contributed by atoms with E-state index in [1.807, 2.05) is 0 Å². The fraction of sp³-hybridized carbons (Fsp3) is 0.385. The molecule has 1 atom stereocenters. The number of methoxy groups -OCH3 is 1. The van der Waals surface area contributed by atoms with Crippen LogP contribution in [0.15, 0.2) is 18.2 Å². The molecule has 6 nitrogen and oxygen atoms in total. The van der Waals surface area contributed by atoms with Crippen molar-refractivity contribution in [3.05, 3.63) is 28.8 Å². The highest BCUT2D eigenvalue weighted by molar-refractivity contribution is 6.33. The summed E-state index contributed by atoms with van der Waals surface area (Å²) >= 11 is 5.98. The first kappa shape index (κ1) is 14.6. The molecule has 0 unspecified atom stereocenters. The fourth-order valence-electron chi connectivity index (χ4n) is 2.04. The van der Waals surface area contributed by atoms with Gasteiger partial charge in [0.2, 0.25) is 0 Å². The van der Waals surface area contributed by atoms with Crippen molar-refractivity contribution in [2.24, 2.45) is 5.73 Å². The van der Waals surface area contributed by atoms with Crippen molar-refractivity contribution in [2.75, 3.05) is 25.5 Å². The summed E-state index contributed by atoms with van der Waals surface area (Å²) in [5, 5.41) is 2.95. The van der Waals surface area contributed by atoms with E-state index in [1.54, 1.807) is 11.0 Å². The number of anilines is 1. The molecular formula is C13H16ClN3O3. The quantitative estimate of drug-likeness (QED) is 0.814. The molecule has 2 amide bonds. The standard InChI is InChI=1S/C13H16ClN3O3/c1-20-12(18)10-3-2-9(6-11(10)14)16-13(19)17-5-4-8(15)7-17/h2-3,6,8H,4-5,7,15H2,1H3,(H,16,19)/t8-/m1/s1. The zero-order chi connectivity index (χ0) is 14.7. The zero-order valence-corrected chi connectivity index (χ0v) is 11.8. The minimum absolute atomic E-state index is 0.0334. The van der Waals surface area contributed by atoms with Gasteiger partial charge in [0, 0.05) is 24.8 Å². The van der Waals surface area contributed by atoms with Gasteiger partial charge >= 0.3 is 12.0 Å². The van der Waals surface area contributed by atoms with E-state index < -0.39 is 5.97 Å². The van der Waals surface area contributed by atoms with Crippen molar-refractivity contribution in [3.8, 4) is 0 Å². The van der Waals surface area contributed by atoms with Crippen LogP contribution in [0.25, 0.3) is 0 Å². The smallest absolute Gasteiger partial charge is 0.339 e. The summed E-state index contributed by atoms with van der Waals surface area (Å²) in [5.41, 5.74) is 6.54. The third-order valence-electron chi connectivity index (χ3n) is 3.14. The van der Waals surface area contributed by atoms with Crippen molar-refractivity contribution < 1.29 is 14.3 Å². The van der Waals surface area contributed by atoms with Gasteiger partial charge in [-0.2, -0.15) is 0 Å². The number of carbonyl (C=O) groups excluding carboxylic acids is 2. The van der Waals surface area contributed by atoms with Crippen LogP contribution in [-0.2, 0) is 4.74 Å². The van der Waals surface area contributed by atoms with Crippen molar-refractivity contribution >= 4 is 29.3 Å². The number of carbonyl (C=O) groups is 2. The molecule has 0 aromatic heterocycles. The molecule has 0 saturated carbocycles. The molecule has 108 valence electrons. The minimum atomic E-state index is -0.515. The molecule has 1 saturated heterocycles. The second-order valence-electron chi connectivity index (χ2n) is 4.61. The number of rotatable bonds is 2. The number of likely N-dealkylation sites (tertiary alicyclic amines) is 1. The lowest BCUT2D eigenvalue weighted by Gasteiger charge is -2.17. The molecule has 1 heterocycles. The van der Waals surface area contributed by atoms with Gasteiger partial charge in [-0.15, -0.1) is 0 Å². The lowest BCUT2D eigenvalue weighted by molar-refractivity contribution is 0.0601. The highest BCUT2D eigenvalue weighted by Gasteiger charge is 2.23. The molecule has 3 N–H and O–H groups in total. The average Bonchev–Trinajstić information content (AvgIpc) is 2.85. The van der Waals surface area contributed by atoms with Gasteiger partial charge in [0.25, 0.3) is 0 Å². The van der Waals surface area contributed by atoms with E-state index in [4.69, 9.17) is 17.3 Å². The molecule has 1 fully saturated rings. The predicted molar refractivity (Wildman–Crippen MR) is 76.0 cm³/mol. The number of halogens is 1. The molecule has 1 aliphatic heterocycles. The maximum absolute atomic E-state index is 12.0. The van der Waals surface area contributed by atoms with Gasteiger partial charge in [-0.1, -0.05) is 11.6 Å². The number of benzene rings is 1. The van der Waals surface area contributed by atoms with Gasteiger partial charge in [0.05, 0.1) is 17.7 Å². The second kappa shape index (κ2) is 6.11. The van der Waals surface area contributed by atoms with E-state index in [-0.39, 0.29) is 22.7 Å². The summed E-state index contributed by atoms with van der Waals surface area (Å²) in [6.45, 7) is 1.18. The Morgan fingerprint density at radius 1 is 1.50 bits per heavy atom. The van der Waals surface area contributed by atoms with Crippen LogP contribution in [0.3, 0.4) is 0 Å². The van der Waals surface area contributed by atoms with Crippen LogP contribution < -0.4 is 11.1 Å². The van der Waals surface area contributed by atoms with E-state index in [9.17, 15) is 9.59 Å². The average molecular weight is 298 g/mol. The predicted octanol–water partition coefficient (Wildman–Crippen LogP) is 1.69. The van der Waals surface area contributed by atoms with E-state index >= 15 is 0 Å². The lowest BCUT2D eigenvalue weighted by Crippen LogP contribution is -2.35. The Balaban J connectivity index is 2.05. The lowest BCUT2D eigenvalue weighted by atomic mass is 10.2. The van der Waals surface area contributed by atoms with E-state index in [0.29, 0.717) is 18.8 Å². The Labute approximate surface area is 121 Å². The second-order valence-corrected chi connectivity index (χ2v) is 5.02. The summed E-state index contributed by atoms with van der Waals surface area (Å²) in [7, 11) is 1.28. The van der Waals surface area contributed by atoms with Gasteiger partial charge in [-0.3, -0.25) is 0 Å². The minimum Gasteiger partial charge on any atom is -0.465 e. The van der Waals surface area contributed by atoms with Crippen LogP contribution >= 0.6 is 11.6 Å². The Morgan fingerprint density at radius 2 is 2.25 bits per heavy atom. The third kappa shape index (κ3) is 3.20. The molecule has 1 aliphatic rings. The number of ether oxygens (including phenoxy) is 1. The van der Waals surface area contributed by atoms with Gasteiger partial charge < -0.3 is 20.7 Å². The SMILES string of the molecule is COC(=O)c1ccc(NC(=O)N2CC[C@@H](N)C2)cc1Cl. The molecule has 2 rings (SSSR count). The monoisotopic (exact) mass is 297 g/mol. The highest BCUT2D eigenvalue weighted by Crippen LogP contribution is 2.22. The van der Waals surface area contributed by atoms with E-state index in [2.05, 4.69) is 10.1 Å². The summed E-state index contributed by atoms with van der Waals surface area (Å²) in [5.74, 6) is -0.515. The first-order chi connectivity index (χ1) is 9.51. The Kier molecular flexibility index (Phi) is 4.46.